The van der Waals surface area contributed by atoms with Crippen molar-refractivity contribution in [1.29, 1.82) is 0 Å². The van der Waals surface area contributed by atoms with Gasteiger partial charge in [-0.15, -0.1) is 0 Å². The van der Waals surface area contributed by atoms with E-state index in [0.717, 1.165) is 12.8 Å². The maximum atomic E-state index is 12.6. The molecule has 21 heavy (non-hydrogen) atoms. The second-order valence-electron chi connectivity index (χ2n) is 4.67. The molecule has 0 saturated carbocycles. The molecule has 0 aromatic carbocycles. The van der Waals surface area contributed by atoms with E-state index in [2.05, 4.69) is 4.74 Å². The molecule has 0 aliphatic rings. The first-order valence-electron chi connectivity index (χ1n) is 6.41. The normalized spacial score (nSPS) is 14.9. The minimum absolute atomic E-state index is 0.257. The Morgan fingerprint density at radius 1 is 1.10 bits per heavy atom. The lowest BCUT2D eigenvalue weighted by atomic mass is 10.0. The molecule has 0 amide bonds. The van der Waals surface area contributed by atoms with E-state index in [4.69, 9.17) is 0 Å². The number of hydrogen-bond acceptors (Lipinski definition) is 2. The molecule has 0 radical (unpaired) electrons. The van der Waals surface area contributed by atoms with Gasteiger partial charge in [-0.25, -0.2) is 4.79 Å². The van der Waals surface area contributed by atoms with Crippen LogP contribution in [0.25, 0.3) is 0 Å². The third-order valence-electron chi connectivity index (χ3n) is 3.06. The van der Waals surface area contributed by atoms with E-state index in [9.17, 15) is 31.1 Å². The van der Waals surface area contributed by atoms with Crippen molar-refractivity contribution in [2.24, 2.45) is 5.92 Å². The molecule has 0 aliphatic carbocycles. The predicted molar refractivity (Wildman–Crippen MR) is 68.0 cm³/mol. The van der Waals surface area contributed by atoms with Crippen molar-refractivity contribution in [3.8, 4) is 0 Å². The van der Waals surface area contributed by atoms with Crippen LogP contribution in [0.5, 0.6) is 0 Å². The first-order chi connectivity index (χ1) is 9.41. The highest BCUT2D eigenvalue weighted by Crippen LogP contribution is 2.50. The maximum Gasteiger partial charge on any atom is 0.423 e. The van der Waals surface area contributed by atoms with Gasteiger partial charge in [-0.05, 0) is 12.3 Å². The van der Waals surface area contributed by atoms with Gasteiger partial charge in [-0.1, -0.05) is 49.0 Å². The lowest BCUT2D eigenvalue weighted by molar-refractivity contribution is -0.263. The van der Waals surface area contributed by atoms with Crippen LogP contribution in [0.15, 0.2) is 0 Å². The summed E-state index contributed by atoms with van der Waals surface area (Å²) >= 11 is 1.49. The SMILES string of the molecule is CCCC[C@H](CC)COC(=O)C(Br)(C(F)(F)F)C(F)(F)F. The second-order valence-corrected chi connectivity index (χ2v) is 5.86. The summed E-state index contributed by atoms with van der Waals surface area (Å²) in [4.78, 5) is 11.3. The third-order valence-corrected chi connectivity index (χ3v) is 4.28. The first kappa shape index (κ1) is 20.5. The van der Waals surface area contributed by atoms with Crippen LogP contribution in [0.2, 0.25) is 0 Å². The number of carbonyl (C=O) groups is 1. The summed E-state index contributed by atoms with van der Waals surface area (Å²) in [7, 11) is 0. The zero-order chi connectivity index (χ0) is 16.9. The second kappa shape index (κ2) is 7.69. The average Bonchev–Trinajstić information content (AvgIpc) is 2.34. The first-order valence-corrected chi connectivity index (χ1v) is 7.20. The topological polar surface area (TPSA) is 26.3 Å². The van der Waals surface area contributed by atoms with E-state index in [1.165, 1.54) is 15.9 Å². The molecule has 0 unspecified atom stereocenters. The molecule has 9 heteroatoms. The molecule has 0 saturated heterocycles. The molecular formula is C12H17BrF6O2. The molecule has 0 heterocycles. The summed E-state index contributed by atoms with van der Waals surface area (Å²) in [5, 5.41) is 0. The molecule has 2 nitrogen and oxygen atoms in total. The molecule has 0 bridgehead atoms. The van der Waals surface area contributed by atoms with Crippen molar-refractivity contribution >= 4 is 21.9 Å². The van der Waals surface area contributed by atoms with Crippen molar-refractivity contribution in [2.75, 3.05) is 6.61 Å². The fourth-order valence-electron chi connectivity index (χ4n) is 1.58. The van der Waals surface area contributed by atoms with Crippen molar-refractivity contribution in [1.82, 2.24) is 0 Å². The van der Waals surface area contributed by atoms with Crippen LogP contribution >= 0.6 is 15.9 Å². The smallest absolute Gasteiger partial charge is 0.423 e. The van der Waals surface area contributed by atoms with Crippen LogP contribution in [0.3, 0.4) is 0 Å². The summed E-state index contributed by atoms with van der Waals surface area (Å²) in [6, 6.07) is 0. The van der Waals surface area contributed by atoms with E-state index < -0.39 is 29.3 Å². The predicted octanol–water partition coefficient (Wildman–Crippen LogP) is 5.00. The molecule has 0 aromatic rings. The minimum atomic E-state index is -5.84. The number of carbonyl (C=O) groups excluding carboxylic acids is 1. The molecule has 0 N–H and O–H groups in total. The molecule has 0 rings (SSSR count). The summed E-state index contributed by atoms with van der Waals surface area (Å²) in [6.45, 7) is 3.16. The van der Waals surface area contributed by atoms with Gasteiger partial charge in [0.15, 0.2) is 0 Å². The fraction of sp³-hybridized carbons (Fsp3) is 0.917. The zero-order valence-electron chi connectivity index (χ0n) is 11.6. The Morgan fingerprint density at radius 3 is 1.90 bits per heavy atom. The van der Waals surface area contributed by atoms with E-state index in [-0.39, 0.29) is 5.92 Å². The summed E-state index contributed by atoms with van der Waals surface area (Å²) in [5.74, 6) is -2.63. The fourth-order valence-corrected chi connectivity index (χ4v) is 1.70. The van der Waals surface area contributed by atoms with Gasteiger partial charge in [-0.2, -0.15) is 26.3 Å². The largest absolute Gasteiger partial charge is 0.464 e. The van der Waals surface area contributed by atoms with Crippen molar-refractivity contribution < 1.29 is 35.9 Å². The highest BCUT2D eigenvalue weighted by Gasteiger charge is 2.75. The van der Waals surface area contributed by atoms with Gasteiger partial charge in [0.2, 0.25) is 0 Å². The minimum Gasteiger partial charge on any atom is -0.464 e. The quantitative estimate of drug-likeness (QED) is 0.349. The summed E-state index contributed by atoms with van der Waals surface area (Å²) in [6.07, 6.45) is -9.01. The Kier molecular flexibility index (Phi) is 7.52. The average molecular weight is 387 g/mol. The number of esters is 1. The monoisotopic (exact) mass is 386 g/mol. The lowest BCUT2D eigenvalue weighted by Crippen LogP contribution is -2.58. The zero-order valence-corrected chi connectivity index (χ0v) is 13.2. The van der Waals surface area contributed by atoms with Gasteiger partial charge in [0, 0.05) is 0 Å². The van der Waals surface area contributed by atoms with E-state index >= 15 is 0 Å². The molecule has 0 fully saturated rings. The third kappa shape index (κ3) is 5.03. The number of hydrogen-bond donors (Lipinski definition) is 0. The highest BCUT2D eigenvalue weighted by atomic mass is 79.9. The van der Waals surface area contributed by atoms with Crippen molar-refractivity contribution in [2.45, 2.75) is 56.2 Å². The van der Waals surface area contributed by atoms with Crippen LogP contribution in [0, 0.1) is 5.92 Å². The Hall–Kier alpha value is -0.470. The summed E-state index contributed by atoms with van der Waals surface area (Å²) in [5.41, 5.74) is 0. The number of rotatable bonds is 7. The molecular weight excluding hydrogens is 370 g/mol. The van der Waals surface area contributed by atoms with Crippen LogP contribution in [-0.2, 0) is 9.53 Å². The molecule has 1 atom stereocenters. The van der Waals surface area contributed by atoms with E-state index in [1.807, 2.05) is 6.92 Å². The molecule has 0 aliphatic heterocycles. The van der Waals surface area contributed by atoms with Crippen molar-refractivity contribution in [3.05, 3.63) is 0 Å². The van der Waals surface area contributed by atoms with Gasteiger partial charge >= 0.3 is 22.6 Å². The van der Waals surface area contributed by atoms with Gasteiger partial charge in [0.05, 0.1) is 6.61 Å². The molecule has 0 aromatic heterocycles. The van der Waals surface area contributed by atoms with Crippen LogP contribution in [-0.4, -0.2) is 29.3 Å². The number of ether oxygens (including phenoxy) is 1. The van der Waals surface area contributed by atoms with Gasteiger partial charge in [-0.3, -0.25) is 0 Å². The van der Waals surface area contributed by atoms with Crippen LogP contribution in [0.1, 0.15) is 39.5 Å². The maximum absolute atomic E-state index is 12.6. The van der Waals surface area contributed by atoms with Gasteiger partial charge < -0.3 is 4.74 Å². The van der Waals surface area contributed by atoms with Crippen molar-refractivity contribution in [3.63, 3.8) is 0 Å². The molecule has 126 valence electrons. The van der Waals surface area contributed by atoms with E-state index in [0.29, 0.717) is 12.8 Å². The molecule has 0 spiro atoms. The van der Waals surface area contributed by atoms with Gasteiger partial charge in [0.25, 0.3) is 0 Å². The van der Waals surface area contributed by atoms with Gasteiger partial charge in [0.1, 0.15) is 0 Å². The Labute approximate surface area is 127 Å². The number of unbranched alkanes of at least 4 members (excludes halogenated alkanes) is 1. The standard InChI is InChI=1S/C12H17BrF6O2/c1-3-5-6-8(4-2)7-21-9(20)10(13,11(14,15)16)12(17,18)19/h8H,3-7H2,1-2H3/t8-/m0/s1. The Bertz CT molecular complexity index is 326. The van der Waals surface area contributed by atoms with Crippen LogP contribution < -0.4 is 0 Å². The Morgan fingerprint density at radius 2 is 1.57 bits per heavy atom. The van der Waals surface area contributed by atoms with Crippen LogP contribution in [0.4, 0.5) is 26.3 Å². The highest BCUT2D eigenvalue weighted by molar-refractivity contribution is 9.10. The number of halogens is 7. The Balaban J connectivity index is 4.95. The lowest BCUT2D eigenvalue weighted by Gasteiger charge is -2.30. The number of alkyl halides is 7. The summed E-state index contributed by atoms with van der Waals surface area (Å²) < 4.78 is 75.2. The van der Waals surface area contributed by atoms with E-state index in [1.54, 1.807) is 6.92 Å².